The monoisotopic (exact) mass is 572 g/mol. The van der Waals surface area contributed by atoms with E-state index in [9.17, 15) is 9.90 Å². The van der Waals surface area contributed by atoms with E-state index in [-0.39, 0.29) is 6.04 Å². The van der Waals surface area contributed by atoms with E-state index in [0.29, 0.717) is 18.9 Å². The fraction of sp³-hybridized carbons (Fsp3) is 0.243. The Labute approximate surface area is 252 Å². The number of carboxylic acids is 1. The van der Waals surface area contributed by atoms with Gasteiger partial charge in [-0.25, -0.2) is 4.98 Å². The van der Waals surface area contributed by atoms with Crippen LogP contribution in [-0.2, 0) is 24.2 Å². The predicted octanol–water partition coefficient (Wildman–Crippen LogP) is 8.41. The highest BCUT2D eigenvalue weighted by Gasteiger charge is 2.38. The van der Waals surface area contributed by atoms with Crippen LogP contribution >= 0.6 is 0 Å². The lowest BCUT2D eigenvalue weighted by Gasteiger charge is -2.28. The fourth-order valence-electron chi connectivity index (χ4n) is 5.94. The van der Waals surface area contributed by atoms with Gasteiger partial charge >= 0.3 is 5.97 Å². The van der Waals surface area contributed by atoms with Crippen LogP contribution in [-0.4, -0.2) is 27.0 Å². The lowest BCUT2D eigenvalue weighted by Crippen LogP contribution is -2.36. The van der Waals surface area contributed by atoms with Gasteiger partial charge in [0, 0.05) is 18.2 Å². The van der Waals surface area contributed by atoms with Gasteiger partial charge in [0.25, 0.3) is 0 Å². The van der Waals surface area contributed by atoms with Crippen LogP contribution in [0.2, 0.25) is 0 Å². The van der Waals surface area contributed by atoms with Crippen molar-refractivity contribution in [1.82, 2.24) is 9.88 Å². The van der Waals surface area contributed by atoms with Crippen molar-refractivity contribution in [2.75, 3.05) is 0 Å². The quantitative estimate of drug-likeness (QED) is 0.171. The lowest BCUT2D eigenvalue weighted by molar-refractivity contribution is -0.142. The summed E-state index contributed by atoms with van der Waals surface area (Å²) in [6, 6.07) is 35.9. The van der Waals surface area contributed by atoms with Gasteiger partial charge < -0.3 is 14.3 Å². The van der Waals surface area contributed by atoms with Crippen LogP contribution in [0.25, 0.3) is 11.5 Å². The molecule has 0 saturated carbocycles. The molecule has 4 aromatic carbocycles. The molecule has 0 radical (unpaired) electrons. The van der Waals surface area contributed by atoms with Crippen molar-refractivity contribution in [3.05, 3.63) is 137 Å². The highest BCUT2D eigenvalue weighted by Crippen LogP contribution is 2.38. The molecule has 1 aliphatic heterocycles. The maximum atomic E-state index is 12.2. The number of rotatable bonds is 11. The predicted molar refractivity (Wildman–Crippen MR) is 167 cm³/mol. The van der Waals surface area contributed by atoms with Gasteiger partial charge in [0.1, 0.15) is 23.3 Å². The third kappa shape index (κ3) is 6.87. The average molecular weight is 573 g/mol. The number of aryl methyl sites for hydroxylation is 3. The Morgan fingerprint density at radius 3 is 2.19 bits per heavy atom. The molecule has 0 amide bonds. The average Bonchev–Trinajstić information content (AvgIpc) is 3.63. The Hall–Kier alpha value is -4.68. The highest BCUT2D eigenvalue weighted by atomic mass is 16.5. The van der Waals surface area contributed by atoms with Crippen LogP contribution in [0, 0.1) is 6.92 Å². The summed E-state index contributed by atoms with van der Waals surface area (Å²) in [6.07, 6.45) is 4.23. The number of benzene rings is 4. The highest BCUT2D eigenvalue weighted by molar-refractivity contribution is 5.74. The molecule has 1 saturated heterocycles. The maximum absolute atomic E-state index is 12.2. The van der Waals surface area contributed by atoms with Crippen LogP contribution in [0.3, 0.4) is 0 Å². The van der Waals surface area contributed by atoms with Crippen LogP contribution in [0.1, 0.15) is 53.4 Å². The van der Waals surface area contributed by atoms with Gasteiger partial charge in [-0.1, -0.05) is 72.8 Å². The van der Waals surface area contributed by atoms with Crippen molar-refractivity contribution in [2.45, 2.75) is 57.7 Å². The molecule has 2 atom stereocenters. The number of aromatic nitrogens is 1. The van der Waals surface area contributed by atoms with E-state index < -0.39 is 12.0 Å². The van der Waals surface area contributed by atoms with Crippen molar-refractivity contribution < 1.29 is 19.1 Å². The summed E-state index contributed by atoms with van der Waals surface area (Å²) in [6.45, 7) is 2.55. The SMILES string of the molecule is Cc1oc(-c2ccccc2)nc1CCCc1ccc([C@H]2CC[C@H](C(=O)O)N2Cc2ccc(Oc3ccccc3)cc2)cc1. The number of carboxylic acid groups (broad SMARTS) is 1. The first-order chi connectivity index (χ1) is 21.0. The minimum absolute atomic E-state index is 0.0598. The number of ether oxygens (including phenoxy) is 1. The molecule has 43 heavy (non-hydrogen) atoms. The minimum Gasteiger partial charge on any atom is -0.480 e. The molecule has 0 unspecified atom stereocenters. The first kappa shape index (κ1) is 28.4. The van der Waals surface area contributed by atoms with Gasteiger partial charge in [-0.15, -0.1) is 0 Å². The molecule has 0 aliphatic carbocycles. The van der Waals surface area contributed by atoms with Crippen molar-refractivity contribution in [2.24, 2.45) is 0 Å². The number of aliphatic carboxylic acids is 1. The van der Waals surface area contributed by atoms with Gasteiger partial charge in [-0.05, 0) is 92.1 Å². The molecule has 1 aliphatic rings. The topological polar surface area (TPSA) is 75.8 Å². The van der Waals surface area contributed by atoms with Gasteiger partial charge in [0.2, 0.25) is 5.89 Å². The molecule has 6 heteroatoms. The maximum Gasteiger partial charge on any atom is 0.320 e. The zero-order chi connectivity index (χ0) is 29.6. The smallest absolute Gasteiger partial charge is 0.320 e. The minimum atomic E-state index is -0.762. The first-order valence-corrected chi connectivity index (χ1v) is 14.9. The van der Waals surface area contributed by atoms with E-state index in [4.69, 9.17) is 14.1 Å². The van der Waals surface area contributed by atoms with Gasteiger partial charge in [-0.3, -0.25) is 9.69 Å². The summed E-state index contributed by atoms with van der Waals surface area (Å²) in [7, 11) is 0. The number of para-hydroxylation sites is 1. The van der Waals surface area contributed by atoms with Crippen LogP contribution in [0.4, 0.5) is 0 Å². The van der Waals surface area contributed by atoms with Gasteiger partial charge in [0.05, 0.1) is 5.69 Å². The summed E-state index contributed by atoms with van der Waals surface area (Å²) >= 11 is 0. The summed E-state index contributed by atoms with van der Waals surface area (Å²) in [5.41, 5.74) is 5.50. The molecule has 5 aromatic rings. The molecule has 1 N–H and O–H groups in total. The van der Waals surface area contributed by atoms with Gasteiger partial charge in [-0.2, -0.15) is 0 Å². The largest absolute Gasteiger partial charge is 0.480 e. The standard InChI is InChI=1S/C37H36N2O4/c1-26-33(38-36(42-26)30-10-4-2-5-11-30)14-8-9-27-15-19-29(20-16-27)34-23-24-35(37(40)41)39(34)25-28-17-21-32(22-18-28)43-31-12-6-3-7-13-31/h2-7,10-13,15-22,34-35H,8-9,14,23-25H2,1H3,(H,40,41)/t34-,35-/m1/s1. The van der Waals surface area contributed by atoms with E-state index in [0.717, 1.165) is 65.3 Å². The van der Waals surface area contributed by atoms with Crippen LogP contribution in [0.5, 0.6) is 11.5 Å². The van der Waals surface area contributed by atoms with E-state index in [1.807, 2.05) is 91.9 Å². The zero-order valence-corrected chi connectivity index (χ0v) is 24.4. The Balaban J connectivity index is 1.08. The Morgan fingerprint density at radius 2 is 1.49 bits per heavy atom. The van der Waals surface area contributed by atoms with E-state index >= 15 is 0 Å². The molecule has 6 nitrogen and oxygen atoms in total. The fourth-order valence-corrected chi connectivity index (χ4v) is 5.94. The lowest BCUT2D eigenvalue weighted by atomic mass is 10.00. The van der Waals surface area contributed by atoms with Crippen molar-refractivity contribution in [3.63, 3.8) is 0 Å². The van der Waals surface area contributed by atoms with Gasteiger partial charge in [0.15, 0.2) is 0 Å². The molecular weight excluding hydrogens is 536 g/mol. The van der Waals surface area contributed by atoms with E-state index in [1.165, 1.54) is 5.56 Å². The second-order valence-electron chi connectivity index (χ2n) is 11.2. The third-order valence-electron chi connectivity index (χ3n) is 8.22. The number of carbonyl (C=O) groups is 1. The second-order valence-corrected chi connectivity index (χ2v) is 11.2. The third-order valence-corrected chi connectivity index (χ3v) is 8.22. The molecule has 2 heterocycles. The van der Waals surface area contributed by atoms with E-state index in [1.54, 1.807) is 0 Å². The summed E-state index contributed by atoms with van der Waals surface area (Å²) in [4.78, 5) is 19.0. The molecular formula is C37H36N2O4. The second kappa shape index (κ2) is 13.1. The molecule has 1 fully saturated rings. The van der Waals surface area contributed by atoms with Crippen molar-refractivity contribution in [1.29, 1.82) is 0 Å². The van der Waals surface area contributed by atoms with Crippen LogP contribution in [0.15, 0.2) is 114 Å². The number of hydrogen-bond acceptors (Lipinski definition) is 5. The van der Waals surface area contributed by atoms with Crippen molar-refractivity contribution >= 4 is 5.97 Å². The normalized spacial score (nSPS) is 16.8. The number of likely N-dealkylation sites (tertiary alicyclic amines) is 1. The molecule has 0 spiro atoms. The summed E-state index contributed by atoms with van der Waals surface area (Å²) < 4.78 is 11.8. The Bertz CT molecular complexity index is 1630. The van der Waals surface area contributed by atoms with Crippen LogP contribution < -0.4 is 4.74 Å². The number of oxazole rings is 1. The Morgan fingerprint density at radius 1 is 0.837 bits per heavy atom. The molecule has 1 aromatic heterocycles. The van der Waals surface area contributed by atoms with E-state index in [2.05, 4.69) is 29.2 Å². The van der Waals surface area contributed by atoms with Crippen molar-refractivity contribution in [3.8, 4) is 23.0 Å². The molecule has 0 bridgehead atoms. The number of nitrogens with zero attached hydrogens (tertiary/aromatic N) is 2. The zero-order valence-electron chi connectivity index (χ0n) is 24.4. The molecule has 6 rings (SSSR count). The molecule has 218 valence electrons. The first-order valence-electron chi connectivity index (χ1n) is 14.9. The number of hydrogen-bond donors (Lipinski definition) is 1. The Kier molecular flexibility index (Phi) is 8.66. The summed E-state index contributed by atoms with van der Waals surface area (Å²) in [5, 5.41) is 9.98. The summed E-state index contributed by atoms with van der Waals surface area (Å²) in [5.74, 6) is 2.33.